The molecule has 6 nitrogen and oxygen atoms in total. The van der Waals surface area contributed by atoms with E-state index in [1.54, 1.807) is 17.2 Å². The number of benzene rings is 1. The molecule has 9 heteroatoms. The Labute approximate surface area is 176 Å². The first-order valence-electron chi connectivity index (χ1n) is 9.55. The highest BCUT2D eigenvalue weighted by Gasteiger charge is 2.36. The normalized spacial score (nSPS) is 15.9. The van der Waals surface area contributed by atoms with E-state index in [0.29, 0.717) is 29.4 Å². The number of hydrogen-bond acceptors (Lipinski definition) is 6. The van der Waals surface area contributed by atoms with E-state index in [-0.39, 0.29) is 30.7 Å². The number of aromatic nitrogens is 3. The number of halogens is 2. The van der Waals surface area contributed by atoms with Crippen molar-refractivity contribution in [3.63, 3.8) is 0 Å². The number of nitrogens with zero attached hydrogens (tertiary/aromatic N) is 4. The predicted molar refractivity (Wildman–Crippen MR) is 108 cm³/mol. The number of amides is 1. The van der Waals surface area contributed by atoms with Crippen molar-refractivity contribution >= 4 is 17.2 Å². The van der Waals surface area contributed by atoms with Gasteiger partial charge in [-0.05, 0) is 37.5 Å². The van der Waals surface area contributed by atoms with Crippen molar-refractivity contribution in [1.82, 2.24) is 19.9 Å². The standard InChI is InChI=1S/C21H20F2N4O2S/c1-13-26-18(16-5-8-24-12-25-16)19(30-13)20(28)27-9-6-21(29,7-10-27)11-14-3-2-4-15(22)17(14)23/h2-5,8,12,29H,6-7,9-11H2,1H3. The number of hydrogen-bond donors (Lipinski definition) is 1. The van der Waals surface area contributed by atoms with Crippen molar-refractivity contribution in [1.29, 1.82) is 0 Å². The van der Waals surface area contributed by atoms with Gasteiger partial charge in [-0.2, -0.15) is 0 Å². The molecule has 0 atom stereocenters. The van der Waals surface area contributed by atoms with Crippen molar-refractivity contribution in [3.05, 3.63) is 63.9 Å². The lowest BCUT2D eigenvalue weighted by Gasteiger charge is -2.38. The van der Waals surface area contributed by atoms with E-state index in [2.05, 4.69) is 15.0 Å². The maximum Gasteiger partial charge on any atom is 0.266 e. The average Bonchev–Trinajstić information content (AvgIpc) is 3.14. The second-order valence-corrected chi connectivity index (χ2v) is 8.61. The number of aliphatic hydroxyl groups is 1. The Bertz CT molecular complexity index is 1070. The van der Waals surface area contributed by atoms with Crippen molar-refractivity contribution in [2.45, 2.75) is 31.8 Å². The van der Waals surface area contributed by atoms with Gasteiger partial charge in [0.1, 0.15) is 16.9 Å². The highest BCUT2D eigenvalue weighted by molar-refractivity contribution is 7.14. The van der Waals surface area contributed by atoms with Gasteiger partial charge in [-0.1, -0.05) is 12.1 Å². The molecule has 2 aromatic heterocycles. The van der Waals surface area contributed by atoms with Crippen LogP contribution in [0, 0.1) is 18.6 Å². The molecule has 1 aromatic carbocycles. The number of carbonyl (C=O) groups is 1. The molecule has 1 aliphatic rings. The van der Waals surface area contributed by atoms with Crippen molar-refractivity contribution in [2.75, 3.05) is 13.1 Å². The van der Waals surface area contributed by atoms with Gasteiger partial charge in [-0.15, -0.1) is 11.3 Å². The van der Waals surface area contributed by atoms with Crippen LogP contribution in [0.2, 0.25) is 0 Å². The lowest BCUT2D eigenvalue weighted by Crippen LogP contribution is -2.47. The van der Waals surface area contributed by atoms with Crippen LogP contribution in [-0.4, -0.2) is 49.6 Å². The first kappa shape index (κ1) is 20.5. The van der Waals surface area contributed by atoms with Gasteiger partial charge >= 0.3 is 0 Å². The molecule has 3 aromatic rings. The molecule has 0 radical (unpaired) electrons. The van der Waals surface area contributed by atoms with Gasteiger partial charge in [0.15, 0.2) is 11.6 Å². The quantitative estimate of drug-likeness (QED) is 0.686. The summed E-state index contributed by atoms with van der Waals surface area (Å²) in [7, 11) is 0. The van der Waals surface area contributed by atoms with Crippen molar-refractivity contribution in [3.8, 4) is 11.4 Å². The first-order chi connectivity index (χ1) is 14.4. The van der Waals surface area contributed by atoms with E-state index in [4.69, 9.17) is 0 Å². The van der Waals surface area contributed by atoms with Crippen LogP contribution in [0.1, 0.15) is 33.1 Å². The SMILES string of the molecule is Cc1nc(-c2ccncn2)c(C(=O)N2CCC(O)(Cc3cccc(F)c3F)CC2)s1. The molecular formula is C21H20F2N4O2S. The van der Waals surface area contributed by atoms with Crippen LogP contribution < -0.4 is 0 Å². The third-order valence-electron chi connectivity index (χ3n) is 5.29. The Morgan fingerprint density at radius 1 is 1.27 bits per heavy atom. The van der Waals surface area contributed by atoms with Crippen molar-refractivity contribution in [2.24, 2.45) is 0 Å². The fourth-order valence-corrected chi connectivity index (χ4v) is 4.56. The van der Waals surface area contributed by atoms with Gasteiger partial charge in [0.25, 0.3) is 5.91 Å². The summed E-state index contributed by atoms with van der Waals surface area (Å²) in [5, 5.41) is 11.6. The van der Waals surface area contributed by atoms with Crippen LogP contribution >= 0.6 is 11.3 Å². The Kier molecular flexibility index (Phi) is 5.57. The number of rotatable bonds is 4. The van der Waals surface area contributed by atoms with Crippen LogP contribution in [0.5, 0.6) is 0 Å². The van der Waals surface area contributed by atoms with E-state index in [1.165, 1.54) is 29.8 Å². The van der Waals surface area contributed by atoms with Gasteiger partial charge in [0, 0.05) is 25.7 Å². The minimum Gasteiger partial charge on any atom is -0.389 e. The third-order valence-corrected chi connectivity index (χ3v) is 6.24. The Balaban J connectivity index is 1.48. The van der Waals surface area contributed by atoms with Gasteiger partial charge in [0.05, 0.1) is 16.3 Å². The van der Waals surface area contributed by atoms with Crippen LogP contribution in [0.4, 0.5) is 8.78 Å². The number of piperidine rings is 1. The molecule has 0 saturated carbocycles. The molecule has 1 N–H and O–H groups in total. The molecule has 4 rings (SSSR count). The average molecular weight is 430 g/mol. The number of thiazole rings is 1. The van der Waals surface area contributed by atoms with E-state index in [9.17, 15) is 18.7 Å². The summed E-state index contributed by atoms with van der Waals surface area (Å²) in [5.41, 5.74) is 0.0478. The largest absolute Gasteiger partial charge is 0.389 e. The van der Waals surface area contributed by atoms with Gasteiger partial charge in [-0.25, -0.2) is 23.7 Å². The summed E-state index contributed by atoms with van der Waals surface area (Å²) in [4.78, 5) is 27.8. The molecular weight excluding hydrogens is 410 g/mol. The lowest BCUT2D eigenvalue weighted by atomic mass is 9.85. The van der Waals surface area contributed by atoms with E-state index >= 15 is 0 Å². The molecule has 1 aliphatic heterocycles. The van der Waals surface area contributed by atoms with Crippen molar-refractivity contribution < 1.29 is 18.7 Å². The Morgan fingerprint density at radius 2 is 2.03 bits per heavy atom. The fraction of sp³-hybridized carbons (Fsp3) is 0.333. The van der Waals surface area contributed by atoms with Crippen LogP contribution in [0.3, 0.4) is 0 Å². The molecule has 156 valence electrons. The molecule has 30 heavy (non-hydrogen) atoms. The molecule has 0 aliphatic carbocycles. The third kappa shape index (κ3) is 4.08. The minimum atomic E-state index is -1.19. The second kappa shape index (κ2) is 8.16. The van der Waals surface area contributed by atoms with Crippen LogP contribution in [0.25, 0.3) is 11.4 Å². The van der Waals surface area contributed by atoms with E-state index < -0.39 is 17.2 Å². The summed E-state index contributed by atoms with van der Waals surface area (Å²) >= 11 is 1.30. The number of aryl methyl sites for hydroxylation is 1. The number of likely N-dealkylation sites (tertiary alicyclic amines) is 1. The smallest absolute Gasteiger partial charge is 0.266 e. The molecule has 0 unspecified atom stereocenters. The topological polar surface area (TPSA) is 79.2 Å². The number of carbonyl (C=O) groups excluding carboxylic acids is 1. The van der Waals surface area contributed by atoms with Crippen LogP contribution in [0.15, 0.2) is 36.8 Å². The first-order valence-corrected chi connectivity index (χ1v) is 10.4. The highest BCUT2D eigenvalue weighted by Crippen LogP contribution is 2.32. The zero-order valence-corrected chi connectivity index (χ0v) is 17.1. The minimum absolute atomic E-state index is 0.00444. The molecule has 0 spiro atoms. The summed E-state index contributed by atoms with van der Waals surface area (Å²) in [6.07, 6.45) is 3.55. The van der Waals surface area contributed by atoms with Gasteiger partial charge < -0.3 is 10.0 Å². The maximum absolute atomic E-state index is 14.0. The monoisotopic (exact) mass is 430 g/mol. The summed E-state index contributed by atoms with van der Waals surface area (Å²) in [5.74, 6) is -2.03. The zero-order chi connectivity index (χ0) is 21.3. The van der Waals surface area contributed by atoms with E-state index in [1.807, 2.05) is 6.92 Å². The molecule has 1 fully saturated rings. The molecule has 1 saturated heterocycles. The Hall–Kier alpha value is -2.78. The van der Waals surface area contributed by atoms with Crippen LogP contribution in [-0.2, 0) is 6.42 Å². The molecule has 3 heterocycles. The second-order valence-electron chi connectivity index (χ2n) is 7.41. The lowest BCUT2D eigenvalue weighted by molar-refractivity contribution is -0.0167. The Morgan fingerprint density at radius 3 is 2.73 bits per heavy atom. The van der Waals surface area contributed by atoms with E-state index in [0.717, 1.165) is 11.1 Å². The van der Waals surface area contributed by atoms with Gasteiger partial charge in [0.2, 0.25) is 0 Å². The molecule has 0 bridgehead atoms. The summed E-state index contributed by atoms with van der Waals surface area (Å²) in [6, 6.07) is 5.66. The maximum atomic E-state index is 14.0. The predicted octanol–water partition coefficient (Wildman–Crippen LogP) is 3.40. The highest BCUT2D eigenvalue weighted by atomic mass is 32.1. The summed E-state index contributed by atoms with van der Waals surface area (Å²) < 4.78 is 27.5. The fourth-order valence-electron chi connectivity index (χ4n) is 3.66. The zero-order valence-electron chi connectivity index (χ0n) is 16.3. The summed E-state index contributed by atoms with van der Waals surface area (Å²) in [6.45, 7) is 2.45. The molecule has 1 amide bonds. The van der Waals surface area contributed by atoms with Gasteiger partial charge in [-0.3, -0.25) is 4.79 Å².